The minimum atomic E-state index is -5.87. The predicted octanol–water partition coefficient (Wildman–Crippen LogP) is 4.24. The van der Waals surface area contributed by atoms with E-state index in [2.05, 4.69) is 6.58 Å². The summed E-state index contributed by atoms with van der Waals surface area (Å²) < 4.78 is 84.2. The monoisotopic (exact) mass is 346 g/mol. The molecule has 2 saturated carbocycles. The third-order valence-corrected chi connectivity index (χ3v) is 4.97. The van der Waals surface area contributed by atoms with Gasteiger partial charge in [-0.25, -0.2) is 0 Å². The van der Waals surface area contributed by atoms with Crippen molar-refractivity contribution in [3.05, 3.63) is 12.2 Å². The van der Waals surface area contributed by atoms with E-state index in [1.807, 2.05) is 0 Å². The summed E-state index contributed by atoms with van der Waals surface area (Å²) in [5.41, 5.74) is -4.57. The molecule has 0 saturated heterocycles. The molecule has 0 spiro atoms. The van der Waals surface area contributed by atoms with Crippen LogP contribution in [0.5, 0.6) is 0 Å². The smallest absolute Gasteiger partial charge is 0.372 e. The zero-order chi connectivity index (χ0) is 17.6. The highest BCUT2D eigenvalue weighted by Crippen LogP contribution is 2.56. The molecule has 1 N–H and O–H groups in total. The van der Waals surface area contributed by atoms with Gasteiger partial charge in [0, 0.05) is 0 Å². The van der Waals surface area contributed by atoms with Crippen molar-refractivity contribution >= 4 is 0 Å². The first-order valence-corrected chi connectivity index (χ1v) is 7.49. The van der Waals surface area contributed by atoms with Crippen LogP contribution < -0.4 is 0 Å². The first-order valence-electron chi connectivity index (χ1n) is 7.49. The van der Waals surface area contributed by atoms with Crippen molar-refractivity contribution in [2.45, 2.75) is 56.7 Å². The molecule has 134 valence electrons. The van der Waals surface area contributed by atoms with Crippen LogP contribution in [0.2, 0.25) is 0 Å². The molecule has 23 heavy (non-hydrogen) atoms. The second-order valence-electron chi connectivity index (χ2n) is 6.79. The molecule has 0 radical (unpaired) electrons. The molecule has 0 aliphatic heterocycles. The van der Waals surface area contributed by atoms with Crippen LogP contribution in [-0.2, 0) is 4.74 Å². The maximum absolute atomic E-state index is 13.2. The van der Waals surface area contributed by atoms with Crippen molar-refractivity contribution in [2.75, 3.05) is 6.61 Å². The lowest BCUT2D eigenvalue weighted by Gasteiger charge is -2.43. The van der Waals surface area contributed by atoms with E-state index in [-0.39, 0.29) is 18.3 Å². The minimum Gasteiger partial charge on any atom is -0.372 e. The van der Waals surface area contributed by atoms with E-state index >= 15 is 0 Å². The van der Waals surface area contributed by atoms with Gasteiger partial charge in [-0.15, -0.1) is 0 Å². The van der Waals surface area contributed by atoms with Crippen molar-refractivity contribution in [1.29, 1.82) is 0 Å². The molecule has 0 aromatic carbocycles. The molecule has 0 aromatic rings. The topological polar surface area (TPSA) is 29.5 Å². The first kappa shape index (κ1) is 18.6. The van der Waals surface area contributed by atoms with Gasteiger partial charge >= 0.3 is 12.4 Å². The third kappa shape index (κ3) is 3.24. The van der Waals surface area contributed by atoms with Crippen LogP contribution in [0, 0.1) is 17.8 Å². The summed E-state index contributed by atoms with van der Waals surface area (Å²) in [5, 5.41) is 9.74. The molecular weight excluding hydrogens is 326 g/mol. The summed E-state index contributed by atoms with van der Waals surface area (Å²) >= 11 is 0. The maximum atomic E-state index is 13.2. The fourth-order valence-corrected chi connectivity index (χ4v) is 3.93. The first-order chi connectivity index (χ1) is 10.4. The van der Waals surface area contributed by atoms with Gasteiger partial charge in [0.1, 0.15) is 6.10 Å². The Morgan fingerprint density at radius 2 is 1.70 bits per heavy atom. The number of fused-ring (bicyclic) bond motifs is 2. The van der Waals surface area contributed by atoms with Crippen LogP contribution in [0.15, 0.2) is 12.2 Å². The summed E-state index contributed by atoms with van der Waals surface area (Å²) in [6, 6.07) is 0. The molecule has 0 heterocycles. The highest BCUT2D eigenvalue weighted by Gasteiger charge is 2.76. The molecule has 8 heteroatoms. The van der Waals surface area contributed by atoms with Crippen molar-refractivity contribution < 1.29 is 36.2 Å². The van der Waals surface area contributed by atoms with Crippen molar-refractivity contribution in [3.63, 3.8) is 0 Å². The zero-order valence-corrected chi connectivity index (χ0v) is 12.7. The Labute approximate surface area is 130 Å². The molecule has 4 unspecified atom stereocenters. The second kappa shape index (κ2) is 5.95. The number of alkyl halides is 6. The van der Waals surface area contributed by atoms with Gasteiger partial charge in [0.05, 0.1) is 6.61 Å². The quantitative estimate of drug-likeness (QED) is 0.596. The van der Waals surface area contributed by atoms with E-state index in [1.165, 1.54) is 6.92 Å². The molecule has 2 bridgehead atoms. The average molecular weight is 346 g/mol. The molecule has 2 nitrogen and oxygen atoms in total. The Balaban J connectivity index is 2.39. The van der Waals surface area contributed by atoms with Gasteiger partial charge < -0.3 is 9.84 Å². The van der Waals surface area contributed by atoms with Crippen molar-refractivity contribution in [2.24, 2.45) is 17.8 Å². The average Bonchev–Trinajstić information content (AvgIpc) is 2.98. The van der Waals surface area contributed by atoms with Gasteiger partial charge in [0.25, 0.3) is 5.60 Å². The molecule has 2 aliphatic rings. The van der Waals surface area contributed by atoms with Gasteiger partial charge in [0.2, 0.25) is 0 Å². The molecule has 2 rings (SSSR count). The van der Waals surface area contributed by atoms with Crippen molar-refractivity contribution in [3.8, 4) is 0 Å². The predicted molar refractivity (Wildman–Crippen MR) is 70.6 cm³/mol. The Morgan fingerprint density at radius 3 is 2.04 bits per heavy atom. The molecule has 4 atom stereocenters. The number of ether oxygens (including phenoxy) is 1. The summed E-state index contributed by atoms with van der Waals surface area (Å²) in [6.45, 7) is 4.43. The maximum Gasteiger partial charge on any atom is 0.428 e. The van der Waals surface area contributed by atoms with Crippen LogP contribution >= 0.6 is 0 Å². The van der Waals surface area contributed by atoms with E-state index in [4.69, 9.17) is 4.74 Å². The van der Waals surface area contributed by atoms with E-state index < -0.39 is 36.6 Å². The van der Waals surface area contributed by atoms with Crippen LogP contribution in [0.4, 0.5) is 26.3 Å². The van der Waals surface area contributed by atoms with Gasteiger partial charge in [-0.2, -0.15) is 26.3 Å². The van der Waals surface area contributed by atoms with Crippen LogP contribution in [0.25, 0.3) is 0 Å². The SMILES string of the molecule is C=C(C)COC(C1CC2CCC1C2)C(O)(C(F)(F)F)C(F)(F)F. The van der Waals surface area contributed by atoms with Crippen LogP contribution in [0.3, 0.4) is 0 Å². The number of aliphatic hydroxyl groups is 1. The van der Waals surface area contributed by atoms with E-state index in [9.17, 15) is 31.4 Å². The molecule has 0 amide bonds. The summed E-state index contributed by atoms with van der Waals surface area (Å²) in [4.78, 5) is 0. The molecular formula is C15H20F6O2. The normalized spacial score (nSPS) is 29.8. The van der Waals surface area contributed by atoms with Gasteiger partial charge in [-0.1, -0.05) is 18.6 Å². The van der Waals surface area contributed by atoms with E-state index in [0.717, 1.165) is 6.42 Å². The molecule has 2 fully saturated rings. The molecule has 2 aliphatic carbocycles. The highest BCUT2D eigenvalue weighted by molar-refractivity contribution is 5.08. The summed E-state index contributed by atoms with van der Waals surface area (Å²) in [5.74, 6) is -1.11. The lowest BCUT2D eigenvalue weighted by atomic mass is 9.76. The van der Waals surface area contributed by atoms with Gasteiger partial charge in [-0.3, -0.25) is 0 Å². The Kier molecular flexibility index (Phi) is 4.81. The van der Waals surface area contributed by atoms with Gasteiger partial charge in [-0.05, 0) is 43.9 Å². The third-order valence-electron chi connectivity index (χ3n) is 4.97. The van der Waals surface area contributed by atoms with Gasteiger partial charge in [0.15, 0.2) is 0 Å². The largest absolute Gasteiger partial charge is 0.428 e. The van der Waals surface area contributed by atoms with Crippen LogP contribution in [0.1, 0.15) is 32.6 Å². The zero-order valence-electron chi connectivity index (χ0n) is 12.7. The Bertz CT molecular complexity index is 442. The highest BCUT2D eigenvalue weighted by atomic mass is 19.4. The number of halogens is 6. The minimum absolute atomic E-state index is 0.117. The fraction of sp³-hybridized carbons (Fsp3) is 0.867. The molecule has 0 aromatic heterocycles. The number of hydrogen-bond donors (Lipinski definition) is 1. The van der Waals surface area contributed by atoms with Crippen molar-refractivity contribution in [1.82, 2.24) is 0 Å². The Hall–Kier alpha value is -0.760. The lowest BCUT2D eigenvalue weighted by Crippen LogP contribution is -2.67. The standard InChI is InChI=1S/C15H20F6O2/c1-8(2)7-23-12(11-6-9-3-4-10(11)5-9)13(22,14(16,17)18)15(19,20)21/h9-12,22H,1,3-7H2,2H3. The summed E-state index contributed by atoms with van der Waals surface area (Å²) in [6.07, 6.45) is -11.9. The number of hydrogen-bond acceptors (Lipinski definition) is 2. The fourth-order valence-electron chi connectivity index (χ4n) is 3.93. The second-order valence-corrected chi connectivity index (χ2v) is 6.79. The Morgan fingerprint density at radius 1 is 1.13 bits per heavy atom. The lowest BCUT2D eigenvalue weighted by molar-refractivity contribution is -0.400. The summed E-state index contributed by atoms with van der Waals surface area (Å²) in [7, 11) is 0. The number of rotatable bonds is 5. The van der Waals surface area contributed by atoms with Crippen LogP contribution in [-0.4, -0.2) is 35.8 Å². The van der Waals surface area contributed by atoms with E-state index in [1.54, 1.807) is 0 Å². The van der Waals surface area contributed by atoms with E-state index in [0.29, 0.717) is 18.4 Å².